The van der Waals surface area contributed by atoms with E-state index in [0.29, 0.717) is 12.0 Å². The van der Waals surface area contributed by atoms with Gasteiger partial charge in [0.05, 0.1) is 0 Å². The molecule has 0 fully saturated rings. The van der Waals surface area contributed by atoms with Gasteiger partial charge in [-0.3, -0.25) is 9.59 Å². The fraction of sp³-hybridized carbons (Fsp3) is 0.391. The van der Waals surface area contributed by atoms with Gasteiger partial charge in [0, 0.05) is 24.6 Å². The number of rotatable bonds is 9. The van der Waals surface area contributed by atoms with Crippen molar-refractivity contribution in [3.63, 3.8) is 0 Å². The van der Waals surface area contributed by atoms with Crippen LogP contribution < -0.4 is 5.32 Å². The fourth-order valence-corrected chi connectivity index (χ4v) is 2.90. The molecule has 5 heteroatoms. The first kappa shape index (κ1) is 21.6. The highest BCUT2D eigenvalue weighted by Gasteiger charge is 2.27. The second kappa shape index (κ2) is 10.6. The van der Waals surface area contributed by atoms with Gasteiger partial charge >= 0.3 is 0 Å². The second-order valence-corrected chi connectivity index (χ2v) is 7.09. The molecule has 0 saturated heterocycles. The molecule has 0 bridgehead atoms. The molecule has 0 unspecified atom stereocenters. The molecule has 2 aromatic carbocycles. The Bertz CT molecular complexity index is 779. The van der Waals surface area contributed by atoms with E-state index in [-0.39, 0.29) is 36.6 Å². The molecule has 28 heavy (non-hydrogen) atoms. The predicted molar refractivity (Wildman–Crippen MR) is 109 cm³/mol. The van der Waals surface area contributed by atoms with Gasteiger partial charge in [0.15, 0.2) is 0 Å². The highest BCUT2D eigenvalue weighted by atomic mass is 19.1. The number of hydrogen-bond donors (Lipinski definition) is 1. The zero-order valence-electron chi connectivity index (χ0n) is 16.8. The third-order valence-corrected chi connectivity index (χ3v) is 4.94. The minimum atomic E-state index is -0.683. The van der Waals surface area contributed by atoms with Crippen LogP contribution in [0.4, 0.5) is 4.39 Å². The summed E-state index contributed by atoms with van der Waals surface area (Å²) in [6.07, 6.45) is 1.64. The third kappa shape index (κ3) is 6.19. The summed E-state index contributed by atoms with van der Waals surface area (Å²) in [4.78, 5) is 27.0. The first-order chi connectivity index (χ1) is 13.4. The van der Waals surface area contributed by atoms with Crippen molar-refractivity contribution in [2.24, 2.45) is 0 Å². The molecule has 4 nitrogen and oxygen atoms in total. The number of amides is 2. The van der Waals surface area contributed by atoms with Crippen molar-refractivity contribution in [1.29, 1.82) is 0 Å². The molecule has 0 aromatic heterocycles. The molecular weight excluding hydrogens is 355 g/mol. The van der Waals surface area contributed by atoms with Crippen LogP contribution in [0.3, 0.4) is 0 Å². The van der Waals surface area contributed by atoms with E-state index < -0.39 is 6.04 Å². The number of carbonyl (C=O) groups excluding carboxylic acids is 2. The van der Waals surface area contributed by atoms with E-state index in [2.05, 4.69) is 5.32 Å². The summed E-state index contributed by atoms with van der Waals surface area (Å²) >= 11 is 0. The van der Waals surface area contributed by atoms with Gasteiger partial charge in [0.1, 0.15) is 11.9 Å². The van der Waals surface area contributed by atoms with Gasteiger partial charge in [0.2, 0.25) is 11.8 Å². The zero-order chi connectivity index (χ0) is 20.5. The van der Waals surface area contributed by atoms with E-state index in [1.165, 1.54) is 11.0 Å². The molecule has 0 aliphatic rings. The third-order valence-electron chi connectivity index (χ3n) is 4.94. The lowest BCUT2D eigenvalue weighted by molar-refractivity contribution is -0.140. The van der Waals surface area contributed by atoms with Crippen LogP contribution in [0.1, 0.15) is 44.7 Å². The number of nitrogens with one attached hydrogen (secondary N) is 1. The van der Waals surface area contributed by atoms with Crippen molar-refractivity contribution >= 4 is 11.8 Å². The van der Waals surface area contributed by atoms with Crippen molar-refractivity contribution in [1.82, 2.24) is 10.2 Å². The summed E-state index contributed by atoms with van der Waals surface area (Å²) in [5.74, 6) is -0.768. The topological polar surface area (TPSA) is 49.4 Å². The maximum absolute atomic E-state index is 14.2. The van der Waals surface area contributed by atoms with Crippen molar-refractivity contribution in [3.05, 3.63) is 71.5 Å². The van der Waals surface area contributed by atoms with Crippen molar-refractivity contribution in [3.8, 4) is 0 Å². The average molecular weight is 384 g/mol. The highest BCUT2D eigenvalue weighted by Crippen LogP contribution is 2.15. The van der Waals surface area contributed by atoms with E-state index in [0.717, 1.165) is 12.0 Å². The first-order valence-corrected chi connectivity index (χ1v) is 9.79. The summed E-state index contributed by atoms with van der Waals surface area (Å²) in [6.45, 7) is 5.66. The molecule has 150 valence electrons. The molecule has 0 heterocycles. The molecule has 0 aliphatic carbocycles. The van der Waals surface area contributed by atoms with Crippen LogP contribution in [0.2, 0.25) is 0 Å². The van der Waals surface area contributed by atoms with E-state index in [1.807, 2.05) is 44.2 Å². The monoisotopic (exact) mass is 384 g/mol. The van der Waals surface area contributed by atoms with Crippen LogP contribution in [0.25, 0.3) is 0 Å². The summed E-state index contributed by atoms with van der Waals surface area (Å²) < 4.78 is 14.2. The fourth-order valence-electron chi connectivity index (χ4n) is 2.90. The van der Waals surface area contributed by atoms with Gasteiger partial charge < -0.3 is 10.2 Å². The SMILES string of the molecule is CC[C@@H](C)NC(=O)[C@H](C)N(Cc1ccccc1F)C(=O)CCc1ccccc1. The lowest BCUT2D eigenvalue weighted by atomic mass is 10.1. The summed E-state index contributed by atoms with van der Waals surface area (Å²) in [5.41, 5.74) is 1.46. The number of carbonyl (C=O) groups is 2. The largest absolute Gasteiger partial charge is 0.352 e. The molecule has 0 spiro atoms. The maximum atomic E-state index is 14.2. The van der Waals surface area contributed by atoms with E-state index in [9.17, 15) is 14.0 Å². The number of halogens is 1. The predicted octanol–water partition coefficient (Wildman–Crippen LogP) is 4.09. The van der Waals surface area contributed by atoms with Crippen LogP contribution in [0, 0.1) is 5.82 Å². The van der Waals surface area contributed by atoms with E-state index in [4.69, 9.17) is 0 Å². The number of nitrogens with zero attached hydrogens (tertiary/aromatic N) is 1. The zero-order valence-corrected chi connectivity index (χ0v) is 16.8. The second-order valence-electron chi connectivity index (χ2n) is 7.09. The highest BCUT2D eigenvalue weighted by molar-refractivity contribution is 5.87. The van der Waals surface area contributed by atoms with Crippen LogP contribution in [0.15, 0.2) is 54.6 Å². The molecule has 0 saturated carbocycles. The minimum Gasteiger partial charge on any atom is -0.352 e. The van der Waals surface area contributed by atoms with E-state index in [1.54, 1.807) is 25.1 Å². The minimum absolute atomic E-state index is 0.0182. The average Bonchev–Trinajstić information content (AvgIpc) is 2.71. The lowest BCUT2D eigenvalue weighted by Gasteiger charge is -2.30. The van der Waals surface area contributed by atoms with Gasteiger partial charge in [-0.2, -0.15) is 0 Å². The van der Waals surface area contributed by atoms with Gasteiger partial charge in [-0.1, -0.05) is 55.5 Å². The van der Waals surface area contributed by atoms with Crippen LogP contribution in [0.5, 0.6) is 0 Å². The summed E-state index contributed by atoms with van der Waals surface area (Å²) in [7, 11) is 0. The number of hydrogen-bond acceptors (Lipinski definition) is 2. The molecule has 2 atom stereocenters. The Kier molecular flexibility index (Phi) is 8.18. The maximum Gasteiger partial charge on any atom is 0.242 e. The molecule has 1 N–H and O–H groups in total. The lowest BCUT2D eigenvalue weighted by Crippen LogP contribution is -2.49. The van der Waals surface area contributed by atoms with Gasteiger partial charge in [-0.15, -0.1) is 0 Å². The van der Waals surface area contributed by atoms with Gasteiger partial charge in [-0.25, -0.2) is 4.39 Å². The standard InChI is InChI=1S/C23H29FN2O2/c1-4-17(2)25-23(28)18(3)26(16-20-12-8-9-13-21(20)24)22(27)15-14-19-10-6-5-7-11-19/h5-13,17-18H,4,14-16H2,1-3H3,(H,25,28)/t17-,18+/m1/s1. The smallest absolute Gasteiger partial charge is 0.242 e. The molecule has 2 aromatic rings. The van der Waals surface area contributed by atoms with Crippen molar-refractivity contribution < 1.29 is 14.0 Å². The van der Waals surface area contributed by atoms with Crippen LogP contribution in [-0.2, 0) is 22.6 Å². The first-order valence-electron chi connectivity index (χ1n) is 9.79. The molecular formula is C23H29FN2O2. The van der Waals surface area contributed by atoms with Gasteiger partial charge in [0.25, 0.3) is 0 Å². The normalized spacial score (nSPS) is 12.9. The summed E-state index contributed by atoms with van der Waals surface area (Å²) in [6, 6.07) is 15.4. The molecule has 0 aliphatic heterocycles. The van der Waals surface area contributed by atoms with Gasteiger partial charge in [-0.05, 0) is 38.3 Å². The Hall–Kier alpha value is -2.69. The summed E-state index contributed by atoms with van der Waals surface area (Å²) in [5, 5.41) is 2.91. The van der Waals surface area contributed by atoms with E-state index >= 15 is 0 Å². The van der Waals surface area contributed by atoms with Crippen molar-refractivity contribution in [2.75, 3.05) is 0 Å². The van der Waals surface area contributed by atoms with Crippen LogP contribution in [-0.4, -0.2) is 28.8 Å². The molecule has 0 radical (unpaired) electrons. The molecule has 2 amide bonds. The molecule has 2 rings (SSSR count). The Morgan fingerprint density at radius 1 is 1.04 bits per heavy atom. The Balaban J connectivity index is 2.15. The van der Waals surface area contributed by atoms with Crippen LogP contribution >= 0.6 is 0 Å². The Morgan fingerprint density at radius 3 is 2.32 bits per heavy atom. The quantitative estimate of drug-likeness (QED) is 0.708. The number of aryl methyl sites for hydroxylation is 1. The Morgan fingerprint density at radius 2 is 1.68 bits per heavy atom. The number of benzene rings is 2. The van der Waals surface area contributed by atoms with Crippen molar-refractivity contribution in [2.45, 2.75) is 58.7 Å². The Labute approximate surface area is 166 Å².